The molecule has 0 aliphatic carbocycles. The van der Waals surface area contributed by atoms with Gasteiger partial charge in [-0.25, -0.2) is 4.98 Å². The Labute approximate surface area is 79.3 Å². The van der Waals surface area contributed by atoms with E-state index in [0.717, 1.165) is 10.9 Å². The highest BCUT2D eigenvalue weighted by Gasteiger charge is 2.02. The summed E-state index contributed by atoms with van der Waals surface area (Å²) in [6, 6.07) is 0. The van der Waals surface area contributed by atoms with Crippen LogP contribution in [0.3, 0.4) is 0 Å². The molecule has 0 spiro atoms. The summed E-state index contributed by atoms with van der Waals surface area (Å²) in [5, 5.41) is 0. The lowest BCUT2D eigenvalue weighted by atomic mass is 10.5. The third kappa shape index (κ3) is 2.34. The molecule has 5 heteroatoms. The summed E-state index contributed by atoms with van der Waals surface area (Å²) < 4.78 is 6.02. The number of aromatic nitrogens is 2. The predicted molar refractivity (Wildman–Crippen MR) is 49.9 cm³/mol. The van der Waals surface area contributed by atoms with E-state index in [1.165, 1.54) is 0 Å². The zero-order chi connectivity index (χ0) is 8.97. The van der Waals surface area contributed by atoms with E-state index in [1.807, 2.05) is 6.92 Å². The summed E-state index contributed by atoms with van der Waals surface area (Å²) >= 11 is 3.26. The van der Waals surface area contributed by atoms with E-state index >= 15 is 0 Å². The van der Waals surface area contributed by atoms with E-state index < -0.39 is 0 Å². The first-order valence-electron chi connectivity index (χ1n) is 3.65. The van der Waals surface area contributed by atoms with Crippen molar-refractivity contribution in [1.29, 1.82) is 0 Å². The highest BCUT2D eigenvalue weighted by atomic mass is 79.9. The Balaban J connectivity index is 2.75. The normalized spacial score (nSPS) is 9.83. The molecule has 1 heterocycles. The van der Waals surface area contributed by atoms with Crippen LogP contribution >= 0.6 is 15.9 Å². The molecule has 0 aliphatic rings. The number of nitrogens with two attached hydrogens (primary N) is 1. The molecule has 0 bridgehead atoms. The minimum absolute atomic E-state index is 0.226. The molecular formula is C7H10BrN3O. The van der Waals surface area contributed by atoms with Crippen LogP contribution in [0.4, 0.5) is 5.95 Å². The molecule has 0 radical (unpaired) electrons. The third-order valence-corrected chi connectivity index (χ3v) is 1.72. The number of hydrogen-bond acceptors (Lipinski definition) is 4. The zero-order valence-corrected chi connectivity index (χ0v) is 8.34. The Morgan fingerprint density at radius 2 is 2.42 bits per heavy atom. The number of nitrogens with zero attached hydrogens (tertiary/aromatic N) is 2. The summed E-state index contributed by atoms with van der Waals surface area (Å²) in [4.78, 5) is 7.70. The van der Waals surface area contributed by atoms with Crippen LogP contribution in [0.2, 0.25) is 0 Å². The van der Waals surface area contributed by atoms with Gasteiger partial charge in [-0.15, -0.1) is 0 Å². The standard InChI is InChI=1S/C7H10BrN3O/c1-2-3-12-6-5(8)4-10-7(9)11-6/h4H,2-3H2,1H3,(H2,9,10,11). The Morgan fingerprint density at radius 3 is 3.08 bits per heavy atom. The van der Waals surface area contributed by atoms with Gasteiger partial charge in [0.1, 0.15) is 0 Å². The fraction of sp³-hybridized carbons (Fsp3) is 0.429. The number of rotatable bonds is 3. The minimum atomic E-state index is 0.226. The van der Waals surface area contributed by atoms with Gasteiger partial charge in [0.25, 0.3) is 0 Å². The fourth-order valence-electron chi connectivity index (χ4n) is 0.664. The molecule has 1 rings (SSSR count). The smallest absolute Gasteiger partial charge is 0.232 e. The molecule has 0 atom stereocenters. The van der Waals surface area contributed by atoms with Crippen molar-refractivity contribution in [2.75, 3.05) is 12.3 Å². The van der Waals surface area contributed by atoms with Crippen molar-refractivity contribution in [1.82, 2.24) is 9.97 Å². The third-order valence-electron chi connectivity index (χ3n) is 1.17. The maximum absolute atomic E-state index is 5.38. The van der Waals surface area contributed by atoms with Crippen LogP contribution in [0.5, 0.6) is 5.88 Å². The van der Waals surface area contributed by atoms with Gasteiger partial charge in [0.15, 0.2) is 0 Å². The molecule has 0 aromatic carbocycles. The molecule has 0 saturated carbocycles. The Bertz CT molecular complexity index is 267. The predicted octanol–water partition coefficient (Wildman–Crippen LogP) is 1.61. The lowest BCUT2D eigenvalue weighted by Gasteiger charge is -2.04. The average molecular weight is 232 g/mol. The van der Waals surface area contributed by atoms with Gasteiger partial charge in [-0.1, -0.05) is 6.92 Å². The lowest BCUT2D eigenvalue weighted by Crippen LogP contribution is -2.01. The monoisotopic (exact) mass is 231 g/mol. The van der Waals surface area contributed by atoms with Gasteiger partial charge in [0.2, 0.25) is 11.8 Å². The van der Waals surface area contributed by atoms with Gasteiger partial charge in [-0.2, -0.15) is 4.98 Å². The van der Waals surface area contributed by atoms with Crippen LogP contribution in [0.1, 0.15) is 13.3 Å². The Morgan fingerprint density at radius 1 is 1.67 bits per heavy atom. The number of halogens is 1. The largest absolute Gasteiger partial charge is 0.477 e. The maximum atomic E-state index is 5.38. The molecule has 4 nitrogen and oxygen atoms in total. The first kappa shape index (κ1) is 9.25. The molecule has 0 amide bonds. The van der Waals surface area contributed by atoms with Crippen LogP contribution in [0.15, 0.2) is 10.7 Å². The van der Waals surface area contributed by atoms with Gasteiger partial charge in [0.05, 0.1) is 17.3 Å². The van der Waals surface area contributed by atoms with Crippen molar-refractivity contribution >= 4 is 21.9 Å². The molecule has 0 aliphatic heterocycles. The molecule has 12 heavy (non-hydrogen) atoms. The van der Waals surface area contributed by atoms with Crippen molar-refractivity contribution in [2.24, 2.45) is 0 Å². The number of nitrogen functional groups attached to an aromatic ring is 1. The highest BCUT2D eigenvalue weighted by Crippen LogP contribution is 2.21. The molecular weight excluding hydrogens is 222 g/mol. The van der Waals surface area contributed by atoms with Crippen LogP contribution in [-0.2, 0) is 0 Å². The minimum Gasteiger partial charge on any atom is -0.477 e. The number of anilines is 1. The summed E-state index contributed by atoms with van der Waals surface area (Å²) in [5.74, 6) is 0.730. The average Bonchev–Trinajstić information content (AvgIpc) is 2.07. The molecule has 0 unspecified atom stereocenters. The fourth-order valence-corrected chi connectivity index (χ4v) is 0.970. The molecule has 2 N–H and O–H groups in total. The van der Waals surface area contributed by atoms with Gasteiger partial charge in [-0.05, 0) is 22.4 Å². The van der Waals surface area contributed by atoms with Crippen LogP contribution in [0, 0.1) is 0 Å². The Hall–Kier alpha value is -0.840. The van der Waals surface area contributed by atoms with E-state index in [4.69, 9.17) is 10.5 Å². The van der Waals surface area contributed by atoms with E-state index in [9.17, 15) is 0 Å². The van der Waals surface area contributed by atoms with Crippen molar-refractivity contribution in [3.63, 3.8) is 0 Å². The second-order valence-electron chi connectivity index (χ2n) is 2.23. The second-order valence-corrected chi connectivity index (χ2v) is 3.08. The molecule has 1 aromatic heterocycles. The maximum Gasteiger partial charge on any atom is 0.232 e. The quantitative estimate of drug-likeness (QED) is 0.859. The first-order valence-corrected chi connectivity index (χ1v) is 4.44. The van der Waals surface area contributed by atoms with Gasteiger partial charge < -0.3 is 10.5 Å². The molecule has 1 aromatic rings. The van der Waals surface area contributed by atoms with Gasteiger partial charge >= 0.3 is 0 Å². The molecule has 0 fully saturated rings. The second kappa shape index (κ2) is 4.25. The SMILES string of the molecule is CCCOc1nc(N)ncc1Br. The number of hydrogen-bond donors (Lipinski definition) is 1. The van der Waals surface area contributed by atoms with E-state index in [2.05, 4.69) is 25.9 Å². The lowest BCUT2D eigenvalue weighted by molar-refractivity contribution is 0.303. The van der Waals surface area contributed by atoms with Crippen molar-refractivity contribution in [3.8, 4) is 5.88 Å². The van der Waals surface area contributed by atoms with Crippen LogP contribution in [0.25, 0.3) is 0 Å². The summed E-state index contributed by atoms with van der Waals surface area (Å²) in [6.45, 7) is 2.66. The highest BCUT2D eigenvalue weighted by molar-refractivity contribution is 9.10. The summed E-state index contributed by atoms with van der Waals surface area (Å²) in [7, 11) is 0. The number of ether oxygens (including phenoxy) is 1. The topological polar surface area (TPSA) is 61.0 Å². The van der Waals surface area contributed by atoms with E-state index in [1.54, 1.807) is 6.20 Å². The van der Waals surface area contributed by atoms with E-state index in [0.29, 0.717) is 12.5 Å². The van der Waals surface area contributed by atoms with Gasteiger partial charge in [0, 0.05) is 0 Å². The molecule has 0 saturated heterocycles. The zero-order valence-electron chi connectivity index (χ0n) is 6.75. The van der Waals surface area contributed by atoms with Gasteiger partial charge in [-0.3, -0.25) is 0 Å². The van der Waals surface area contributed by atoms with Crippen molar-refractivity contribution in [3.05, 3.63) is 10.7 Å². The first-order chi connectivity index (χ1) is 5.74. The van der Waals surface area contributed by atoms with Crippen LogP contribution in [-0.4, -0.2) is 16.6 Å². The van der Waals surface area contributed by atoms with E-state index in [-0.39, 0.29) is 5.95 Å². The molecule has 66 valence electrons. The Kier molecular flexibility index (Phi) is 3.28. The van der Waals surface area contributed by atoms with Crippen LogP contribution < -0.4 is 10.5 Å². The van der Waals surface area contributed by atoms with Crippen molar-refractivity contribution in [2.45, 2.75) is 13.3 Å². The van der Waals surface area contributed by atoms with Crippen molar-refractivity contribution < 1.29 is 4.74 Å². The summed E-state index contributed by atoms with van der Waals surface area (Å²) in [6.07, 6.45) is 2.52. The summed E-state index contributed by atoms with van der Waals surface area (Å²) in [5.41, 5.74) is 5.38.